The Morgan fingerprint density at radius 1 is 1.50 bits per heavy atom. The molecule has 1 aliphatic rings. The van der Waals surface area contributed by atoms with Crippen molar-refractivity contribution in [2.45, 2.75) is 25.3 Å². The number of pyridine rings is 1. The van der Waals surface area contributed by atoms with Crippen LogP contribution in [-0.2, 0) is 10.6 Å². The summed E-state index contributed by atoms with van der Waals surface area (Å²) in [5.41, 5.74) is 0.739. The maximum absolute atomic E-state index is 6.02. The lowest BCUT2D eigenvalue weighted by Gasteiger charge is -2.37. The van der Waals surface area contributed by atoms with E-state index < -0.39 is 0 Å². The zero-order chi connectivity index (χ0) is 13.1. The van der Waals surface area contributed by atoms with E-state index in [0.29, 0.717) is 16.8 Å². The topological polar surface area (TPSA) is 25.4 Å². The van der Waals surface area contributed by atoms with Crippen LogP contribution >= 0.6 is 23.2 Å². The van der Waals surface area contributed by atoms with E-state index in [0.717, 1.165) is 31.0 Å². The van der Waals surface area contributed by atoms with Gasteiger partial charge in [-0.1, -0.05) is 18.5 Å². The van der Waals surface area contributed by atoms with E-state index in [1.165, 1.54) is 0 Å². The first-order valence-electron chi connectivity index (χ1n) is 6.14. The van der Waals surface area contributed by atoms with Crippen LogP contribution in [0.25, 0.3) is 0 Å². The molecule has 0 N–H and O–H groups in total. The highest BCUT2D eigenvalue weighted by Crippen LogP contribution is 2.26. The predicted molar refractivity (Wildman–Crippen MR) is 75.6 cm³/mol. The summed E-state index contributed by atoms with van der Waals surface area (Å²) in [7, 11) is 1.77. The van der Waals surface area contributed by atoms with Gasteiger partial charge in [0, 0.05) is 20.2 Å². The Balaban J connectivity index is 2.16. The third-order valence-electron chi connectivity index (χ3n) is 3.55. The number of hydrogen-bond acceptors (Lipinski definition) is 3. The van der Waals surface area contributed by atoms with Crippen molar-refractivity contribution < 1.29 is 4.74 Å². The highest BCUT2D eigenvalue weighted by molar-refractivity contribution is 6.32. The van der Waals surface area contributed by atoms with Gasteiger partial charge in [-0.15, -0.1) is 11.6 Å². The van der Waals surface area contributed by atoms with Crippen LogP contribution in [0.2, 0.25) is 5.02 Å². The molecule has 18 heavy (non-hydrogen) atoms. The van der Waals surface area contributed by atoms with Crippen LogP contribution in [0, 0.1) is 5.92 Å². The molecule has 0 aromatic carbocycles. The summed E-state index contributed by atoms with van der Waals surface area (Å²) in [6.07, 6.45) is 1.37. The molecule has 2 rings (SSSR count). The third kappa shape index (κ3) is 2.90. The number of methoxy groups -OCH3 is 1. The average molecular weight is 289 g/mol. The fourth-order valence-corrected chi connectivity index (χ4v) is 2.74. The van der Waals surface area contributed by atoms with Crippen molar-refractivity contribution >= 4 is 29.0 Å². The molecule has 0 radical (unpaired) electrons. The highest BCUT2D eigenvalue weighted by Gasteiger charge is 2.26. The molecule has 1 aliphatic heterocycles. The summed E-state index contributed by atoms with van der Waals surface area (Å²) in [5.74, 6) is 1.86. The molecule has 0 bridgehead atoms. The minimum atomic E-state index is 0.260. The van der Waals surface area contributed by atoms with Crippen LogP contribution in [0.1, 0.15) is 19.0 Å². The first-order chi connectivity index (χ1) is 8.65. The second-order valence-corrected chi connectivity index (χ2v) is 5.39. The second-order valence-electron chi connectivity index (χ2n) is 4.72. The van der Waals surface area contributed by atoms with Crippen LogP contribution < -0.4 is 4.90 Å². The van der Waals surface area contributed by atoms with Crippen molar-refractivity contribution in [3.05, 3.63) is 22.8 Å². The molecule has 5 heteroatoms. The Morgan fingerprint density at radius 3 is 2.94 bits per heavy atom. The van der Waals surface area contributed by atoms with Gasteiger partial charge in [0.2, 0.25) is 0 Å². The molecule has 1 saturated heterocycles. The van der Waals surface area contributed by atoms with Gasteiger partial charge in [-0.05, 0) is 24.5 Å². The largest absolute Gasteiger partial charge is 0.379 e. The Hall–Kier alpha value is -0.510. The van der Waals surface area contributed by atoms with Crippen molar-refractivity contribution in [3.8, 4) is 0 Å². The van der Waals surface area contributed by atoms with Crippen molar-refractivity contribution in [3.63, 3.8) is 0 Å². The Labute approximate surface area is 118 Å². The van der Waals surface area contributed by atoms with Crippen molar-refractivity contribution in [2.24, 2.45) is 5.92 Å². The number of hydrogen-bond donors (Lipinski definition) is 0. The van der Waals surface area contributed by atoms with Crippen LogP contribution in [0.3, 0.4) is 0 Å². The van der Waals surface area contributed by atoms with Crippen LogP contribution in [0.15, 0.2) is 12.1 Å². The highest BCUT2D eigenvalue weighted by atomic mass is 35.5. The quantitative estimate of drug-likeness (QED) is 0.798. The number of piperidine rings is 1. The van der Waals surface area contributed by atoms with Gasteiger partial charge in [-0.3, -0.25) is 0 Å². The Kier molecular flexibility index (Phi) is 4.71. The first kappa shape index (κ1) is 13.9. The van der Waals surface area contributed by atoms with Gasteiger partial charge in [-0.25, -0.2) is 4.98 Å². The van der Waals surface area contributed by atoms with Crippen molar-refractivity contribution in [1.82, 2.24) is 4.98 Å². The maximum Gasteiger partial charge on any atom is 0.129 e. The van der Waals surface area contributed by atoms with Crippen molar-refractivity contribution in [2.75, 3.05) is 25.1 Å². The SMILES string of the molecule is COC1CN(c2ccc(Cl)c(CCl)n2)CCC1C. The maximum atomic E-state index is 6.02. The van der Waals surface area contributed by atoms with E-state index in [1.54, 1.807) is 7.11 Å². The molecule has 1 aromatic rings. The van der Waals surface area contributed by atoms with E-state index in [4.69, 9.17) is 27.9 Å². The van der Waals surface area contributed by atoms with Gasteiger partial charge in [-0.2, -0.15) is 0 Å². The van der Waals surface area contributed by atoms with Gasteiger partial charge in [0.15, 0.2) is 0 Å². The summed E-state index contributed by atoms with van der Waals surface area (Å²) < 4.78 is 5.51. The fourth-order valence-electron chi connectivity index (χ4n) is 2.29. The standard InChI is InChI=1S/C13H18Cl2N2O/c1-9-5-6-17(8-12(9)18-2)13-4-3-10(15)11(7-14)16-13/h3-4,9,12H,5-8H2,1-2H3. The average Bonchev–Trinajstić information content (AvgIpc) is 2.40. The molecule has 2 unspecified atom stereocenters. The predicted octanol–water partition coefficient (Wildman–Crippen LogP) is 3.34. The normalized spacial score (nSPS) is 24.3. The number of ether oxygens (including phenoxy) is 1. The Bertz CT molecular complexity index is 414. The number of rotatable bonds is 3. The van der Waals surface area contributed by atoms with Crippen LogP contribution in [0.4, 0.5) is 5.82 Å². The molecule has 2 atom stereocenters. The summed E-state index contributed by atoms with van der Waals surface area (Å²) >= 11 is 11.9. The fraction of sp³-hybridized carbons (Fsp3) is 0.615. The number of anilines is 1. The van der Waals surface area contributed by atoms with E-state index in [1.807, 2.05) is 12.1 Å². The zero-order valence-corrected chi connectivity index (χ0v) is 12.2. The van der Waals surface area contributed by atoms with Gasteiger partial charge in [0.1, 0.15) is 5.82 Å². The number of alkyl halides is 1. The smallest absolute Gasteiger partial charge is 0.129 e. The van der Waals surface area contributed by atoms with E-state index in [9.17, 15) is 0 Å². The molecule has 3 nitrogen and oxygen atoms in total. The van der Waals surface area contributed by atoms with E-state index in [-0.39, 0.29) is 6.10 Å². The molecule has 2 heterocycles. The summed E-state index contributed by atoms with van der Waals surface area (Å²) in [6.45, 7) is 4.09. The van der Waals surface area contributed by atoms with Gasteiger partial charge >= 0.3 is 0 Å². The second kappa shape index (κ2) is 6.09. The molecule has 1 aromatic heterocycles. The molecule has 1 fully saturated rings. The summed E-state index contributed by atoms with van der Waals surface area (Å²) in [6, 6.07) is 3.81. The first-order valence-corrected chi connectivity index (χ1v) is 7.06. The summed E-state index contributed by atoms with van der Waals surface area (Å²) in [4.78, 5) is 6.75. The lowest BCUT2D eigenvalue weighted by Crippen LogP contribution is -2.44. The van der Waals surface area contributed by atoms with E-state index in [2.05, 4.69) is 16.8 Å². The minimum absolute atomic E-state index is 0.260. The summed E-state index contributed by atoms with van der Waals surface area (Å²) in [5, 5.41) is 0.627. The van der Waals surface area contributed by atoms with E-state index >= 15 is 0 Å². The zero-order valence-electron chi connectivity index (χ0n) is 10.7. The van der Waals surface area contributed by atoms with Gasteiger partial charge in [0.05, 0.1) is 22.7 Å². The van der Waals surface area contributed by atoms with Crippen molar-refractivity contribution in [1.29, 1.82) is 0 Å². The lowest BCUT2D eigenvalue weighted by molar-refractivity contribution is 0.0496. The van der Waals surface area contributed by atoms with Crippen LogP contribution in [0.5, 0.6) is 0 Å². The van der Waals surface area contributed by atoms with Gasteiger partial charge in [0.25, 0.3) is 0 Å². The molecule has 100 valence electrons. The number of aromatic nitrogens is 1. The third-order valence-corrected chi connectivity index (χ3v) is 4.14. The molecule has 0 aliphatic carbocycles. The molecule has 0 amide bonds. The molecule has 0 spiro atoms. The molecular weight excluding hydrogens is 271 g/mol. The molecule has 0 saturated carbocycles. The minimum Gasteiger partial charge on any atom is -0.379 e. The number of nitrogens with zero attached hydrogens (tertiary/aromatic N) is 2. The lowest BCUT2D eigenvalue weighted by atomic mass is 9.96. The Morgan fingerprint density at radius 2 is 2.28 bits per heavy atom. The van der Waals surface area contributed by atoms with Gasteiger partial charge < -0.3 is 9.64 Å². The van der Waals surface area contributed by atoms with Crippen LogP contribution in [-0.4, -0.2) is 31.3 Å². The molecular formula is C13H18Cl2N2O. The monoisotopic (exact) mass is 288 g/mol. The number of halogens is 2.